The van der Waals surface area contributed by atoms with Crippen LogP contribution in [0, 0.1) is 11.7 Å². The third-order valence-electron chi connectivity index (χ3n) is 6.46. The molecule has 3 N–H and O–H groups in total. The Morgan fingerprint density at radius 3 is 2.50 bits per heavy atom. The van der Waals surface area contributed by atoms with E-state index < -0.39 is 94.9 Å². The minimum atomic E-state index is -4.88. The van der Waals surface area contributed by atoms with Gasteiger partial charge in [0.25, 0.3) is 11.8 Å². The number of nitrogen functional groups attached to an aromatic ring is 1. The van der Waals surface area contributed by atoms with Crippen LogP contribution in [0.15, 0.2) is 24.5 Å². The number of benzene rings is 1. The molecule has 1 aromatic carbocycles. The molecular weight excluding hydrogens is 549 g/mol. The van der Waals surface area contributed by atoms with E-state index in [0.29, 0.717) is 6.07 Å². The second kappa shape index (κ2) is 8.71. The number of anilines is 1. The van der Waals surface area contributed by atoms with Gasteiger partial charge in [0.1, 0.15) is 29.8 Å². The quantitative estimate of drug-likeness (QED) is 0.470. The van der Waals surface area contributed by atoms with E-state index in [1.54, 1.807) is 0 Å². The fourth-order valence-electron chi connectivity index (χ4n) is 4.42. The summed E-state index contributed by atoms with van der Waals surface area (Å²) in [4.78, 5) is 29.5. The minimum absolute atomic E-state index is 0.239. The molecule has 3 atom stereocenters. The largest absolute Gasteiger partial charge is 0.418 e. The van der Waals surface area contributed by atoms with Crippen LogP contribution >= 0.6 is 11.6 Å². The van der Waals surface area contributed by atoms with Crippen LogP contribution in [0.2, 0.25) is 5.02 Å². The van der Waals surface area contributed by atoms with Gasteiger partial charge in [-0.3, -0.25) is 9.59 Å². The number of amides is 2. The van der Waals surface area contributed by atoms with Gasteiger partial charge in [0.15, 0.2) is 5.82 Å². The molecule has 1 unspecified atom stereocenters. The number of fused-ring (bicyclic) bond motifs is 1. The van der Waals surface area contributed by atoms with Crippen molar-refractivity contribution in [3.05, 3.63) is 46.5 Å². The normalized spacial score (nSPS) is 22.6. The monoisotopic (exact) mass is 564 g/mol. The Balaban J connectivity index is 1.45. The van der Waals surface area contributed by atoms with Crippen LogP contribution in [-0.2, 0) is 11.0 Å². The van der Waals surface area contributed by atoms with Crippen LogP contribution in [0.1, 0.15) is 22.3 Å². The molecule has 0 bridgehead atoms. The molecule has 1 saturated heterocycles. The van der Waals surface area contributed by atoms with Crippen molar-refractivity contribution < 1.29 is 40.3 Å². The zero-order valence-corrected chi connectivity index (χ0v) is 19.6. The van der Waals surface area contributed by atoms with Crippen LogP contribution in [0.3, 0.4) is 0 Å². The molecule has 5 rings (SSSR count). The van der Waals surface area contributed by atoms with Crippen molar-refractivity contribution in [2.75, 3.05) is 18.8 Å². The Kier molecular flexibility index (Phi) is 5.96. The van der Waals surface area contributed by atoms with Crippen molar-refractivity contribution in [1.29, 1.82) is 0 Å². The molecule has 8 nitrogen and oxygen atoms in total. The number of nitrogens with one attached hydrogen (secondary N) is 1. The van der Waals surface area contributed by atoms with E-state index in [-0.39, 0.29) is 11.3 Å². The van der Waals surface area contributed by atoms with E-state index in [0.717, 1.165) is 27.9 Å². The highest BCUT2D eigenvalue weighted by molar-refractivity contribution is 6.34. The first-order valence-electron chi connectivity index (χ1n) is 11.0. The average molecular weight is 565 g/mol. The van der Waals surface area contributed by atoms with Crippen LogP contribution < -0.4 is 11.1 Å². The van der Waals surface area contributed by atoms with Crippen molar-refractivity contribution in [3.63, 3.8) is 0 Å². The standard InChI is InChI=1S/C22H16ClF7N6O2/c23-16-9(19(37)34-14-6-35(5-13(14)25)20(38)11-4-21(11,26)27)1-8(2-12(16)24)15-3-10(22(28,29)30)17-18(31)32-7-33-36(15)17/h1-3,7,11,13-14H,4-6H2,(H,34,37)(H2,31,32,33)/t11?,13-,14+/m0/s1. The number of carbonyl (C=O) groups excluding carboxylic acids is 2. The van der Waals surface area contributed by atoms with E-state index in [1.165, 1.54) is 0 Å². The van der Waals surface area contributed by atoms with Gasteiger partial charge >= 0.3 is 6.18 Å². The third-order valence-corrected chi connectivity index (χ3v) is 6.84. The summed E-state index contributed by atoms with van der Waals surface area (Å²) in [6.07, 6.45) is -6.44. The van der Waals surface area contributed by atoms with Crippen molar-refractivity contribution in [2.45, 2.75) is 30.7 Å². The molecule has 1 aliphatic carbocycles. The Morgan fingerprint density at radius 1 is 1.18 bits per heavy atom. The first-order chi connectivity index (χ1) is 17.7. The number of rotatable bonds is 4. The van der Waals surface area contributed by atoms with Crippen LogP contribution in [-0.4, -0.2) is 62.5 Å². The van der Waals surface area contributed by atoms with Gasteiger partial charge in [-0.1, -0.05) is 11.6 Å². The molecule has 3 aromatic rings. The summed E-state index contributed by atoms with van der Waals surface area (Å²) in [5.41, 5.74) is 2.74. The van der Waals surface area contributed by atoms with Gasteiger partial charge in [0.05, 0.1) is 34.4 Å². The highest BCUT2D eigenvalue weighted by Gasteiger charge is 2.63. The number of aromatic nitrogens is 3. The average Bonchev–Trinajstić information content (AvgIpc) is 3.14. The van der Waals surface area contributed by atoms with Gasteiger partial charge in [0.2, 0.25) is 5.91 Å². The second-order valence-corrected chi connectivity index (χ2v) is 9.40. The molecule has 16 heteroatoms. The molecule has 202 valence electrons. The van der Waals surface area contributed by atoms with E-state index in [2.05, 4.69) is 15.4 Å². The maximum atomic E-state index is 14.7. The highest BCUT2D eigenvalue weighted by Crippen LogP contribution is 2.50. The lowest BCUT2D eigenvalue weighted by molar-refractivity contribution is -0.136. The molecular formula is C22H16ClF7N6O2. The fourth-order valence-corrected chi connectivity index (χ4v) is 4.61. The molecule has 38 heavy (non-hydrogen) atoms. The SMILES string of the molecule is Nc1ncnn2c(-c3cc(F)c(Cl)c(C(=O)N[C@@H]4CN(C(=O)C5CC5(F)F)C[C@@H]4F)c3)cc(C(F)(F)F)c12. The lowest BCUT2D eigenvalue weighted by Gasteiger charge is -2.17. The van der Waals surface area contributed by atoms with Gasteiger partial charge in [-0.25, -0.2) is 27.1 Å². The maximum absolute atomic E-state index is 14.7. The highest BCUT2D eigenvalue weighted by atomic mass is 35.5. The summed E-state index contributed by atoms with van der Waals surface area (Å²) >= 11 is 5.94. The number of nitrogens with two attached hydrogens (primary N) is 1. The van der Waals surface area contributed by atoms with Gasteiger partial charge in [-0.2, -0.15) is 18.3 Å². The molecule has 2 amide bonds. The summed E-state index contributed by atoms with van der Waals surface area (Å²) in [6, 6.07) is 1.09. The Morgan fingerprint density at radius 2 is 1.87 bits per heavy atom. The van der Waals surface area contributed by atoms with Gasteiger partial charge in [-0.05, 0) is 18.2 Å². The van der Waals surface area contributed by atoms with E-state index in [1.807, 2.05) is 0 Å². The lowest BCUT2D eigenvalue weighted by Crippen LogP contribution is -2.42. The first kappa shape index (κ1) is 26.0. The maximum Gasteiger partial charge on any atom is 0.418 e. The number of hydrogen-bond acceptors (Lipinski definition) is 5. The molecule has 1 aliphatic heterocycles. The smallest absolute Gasteiger partial charge is 0.382 e. The third kappa shape index (κ3) is 4.37. The van der Waals surface area contributed by atoms with Gasteiger partial charge in [-0.15, -0.1) is 0 Å². The minimum Gasteiger partial charge on any atom is -0.382 e. The number of nitrogens with zero attached hydrogens (tertiary/aromatic N) is 4. The molecule has 3 heterocycles. The van der Waals surface area contributed by atoms with Crippen LogP contribution in [0.5, 0.6) is 0 Å². The number of carbonyl (C=O) groups is 2. The van der Waals surface area contributed by atoms with Crippen molar-refractivity contribution in [3.8, 4) is 11.3 Å². The predicted molar refractivity (Wildman–Crippen MR) is 119 cm³/mol. The van der Waals surface area contributed by atoms with E-state index in [9.17, 15) is 40.3 Å². The molecule has 1 saturated carbocycles. The summed E-state index contributed by atoms with van der Waals surface area (Å²) < 4.78 is 97.5. The molecule has 2 fully saturated rings. The van der Waals surface area contributed by atoms with Crippen LogP contribution in [0.25, 0.3) is 16.8 Å². The summed E-state index contributed by atoms with van der Waals surface area (Å²) in [5, 5.41) is 5.31. The molecule has 0 spiro atoms. The Bertz CT molecular complexity index is 1480. The molecule has 2 aromatic heterocycles. The molecule has 2 aliphatic rings. The van der Waals surface area contributed by atoms with Crippen molar-refractivity contribution in [2.24, 2.45) is 5.92 Å². The first-order valence-corrected chi connectivity index (χ1v) is 11.4. The predicted octanol–water partition coefficient (Wildman–Crippen LogP) is 3.72. The van der Waals surface area contributed by atoms with Crippen molar-refractivity contribution >= 4 is 34.7 Å². The summed E-state index contributed by atoms with van der Waals surface area (Å²) in [7, 11) is 0. The van der Waals surface area contributed by atoms with E-state index in [4.69, 9.17) is 17.3 Å². The number of likely N-dealkylation sites (tertiary alicyclic amines) is 1. The van der Waals surface area contributed by atoms with Crippen LogP contribution in [0.4, 0.5) is 36.6 Å². The van der Waals surface area contributed by atoms with Crippen molar-refractivity contribution in [1.82, 2.24) is 24.8 Å². The zero-order chi connectivity index (χ0) is 27.7. The topological polar surface area (TPSA) is 106 Å². The summed E-state index contributed by atoms with van der Waals surface area (Å²) in [6.45, 7) is -0.942. The Labute approximate surface area is 213 Å². The zero-order valence-electron chi connectivity index (χ0n) is 18.9. The number of hydrogen-bond donors (Lipinski definition) is 2. The fraction of sp³-hybridized carbons (Fsp3) is 0.364. The number of halogens is 8. The van der Waals surface area contributed by atoms with Gasteiger partial charge in [0, 0.05) is 18.5 Å². The number of alkyl halides is 6. The molecule has 0 radical (unpaired) electrons. The van der Waals surface area contributed by atoms with E-state index >= 15 is 0 Å². The Hall–Kier alpha value is -3.62. The summed E-state index contributed by atoms with van der Waals surface area (Å²) in [5.74, 6) is -8.40. The lowest BCUT2D eigenvalue weighted by atomic mass is 10.1. The van der Waals surface area contributed by atoms with Gasteiger partial charge < -0.3 is 16.0 Å². The second-order valence-electron chi connectivity index (χ2n) is 9.02.